The summed E-state index contributed by atoms with van der Waals surface area (Å²) >= 11 is 5.99. The Hall–Kier alpha value is -2.94. The van der Waals surface area contributed by atoms with Crippen LogP contribution in [-0.2, 0) is 16.0 Å². The van der Waals surface area contributed by atoms with Gasteiger partial charge in [-0.1, -0.05) is 30.3 Å². The van der Waals surface area contributed by atoms with Crippen molar-refractivity contribution in [2.24, 2.45) is 5.73 Å². The van der Waals surface area contributed by atoms with E-state index in [1.807, 2.05) is 30.3 Å². The Bertz CT molecular complexity index is 834. The highest BCUT2D eigenvalue weighted by Crippen LogP contribution is 2.14. The van der Waals surface area contributed by atoms with Gasteiger partial charge in [0.1, 0.15) is 12.1 Å². The maximum Gasteiger partial charge on any atom is 0.243 e. The number of benzene rings is 1. The molecule has 9 nitrogen and oxygen atoms in total. The van der Waals surface area contributed by atoms with Gasteiger partial charge in [0.25, 0.3) is 0 Å². The number of halogens is 1. The van der Waals surface area contributed by atoms with Gasteiger partial charge in [0, 0.05) is 13.0 Å². The number of carbonyl (C=O) groups excluding carboxylic acids is 2. The third-order valence-corrected chi connectivity index (χ3v) is 4.54. The van der Waals surface area contributed by atoms with E-state index in [1.54, 1.807) is 0 Å². The molecule has 1 aromatic heterocycles. The minimum Gasteiger partial charge on any atom is -0.368 e. The number of nitrogens with two attached hydrogens (primary N) is 1. The van der Waals surface area contributed by atoms with E-state index in [0.717, 1.165) is 12.0 Å². The predicted octanol–water partition coefficient (Wildman–Crippen LogP) is 1.11. The summed E-state index contributed by atoms with van der Waals surface area (Å²) in [5.41, 5.74) is 6.41. The molecule has 0 fully saturated rings. The van der Waals surface area contributed by atoms with E-state index >= 15 is 0 Å². The van der Waals surface area contributed by atoms with Crippen LogP contribution in [0.2, 0.25) is 5.28 Å². The van der Waals surface area contributed by atoms with Crippen molar-refractivity contribution < 1.29 is 9.59 Å². The highest BCUT2D eigenvalue weighted by Gasteiger charge is 2.25. The lowest BCUT2D eigenvalue weighted by Crippen LogP contribution is -2.50. The molecule has 0 unspecified atom stereocenters. The summed E-state index contributed by atoms with van der Waals surface area (Å²) < 4.78 is 0. The fourth-order valence-corrected chi connectivity index (χ4v) is 3.10. The molecule has 148 valence electrons. The number of primary amides is 1. The number of anilines is 2. The molecule has 2 aromatic rings. The molecule has 2 atom stereocenters. The highest BCUT2D eigenvalue weighted by atomic mass is 35.5. The average Bonchev–Trinajstić information content (AvgIpc) is 2.66. The first-order valence-corrected chi connectivity index (χ1v) is 9.44. The number of hydrogen-bond donors (Lipinski definition) is 4. The third kappa shape index (κ3) is 5.53. The van der Waals surface area contributed by atoms with Crippen molar-refractivity contribution in [1.29, 1.82) is 0 Å². The van der Waals surface area contributed by atoms with Crippen LogP contribution in [-0.4, -0.2) is 45.4 Å². The molecule has 3 rings (SSSR count). The fourth-order valence-electron chi connectivity index (χ4n) is 2.94. The lowest BCUT2D eigenvalue weighted by Gasteiger charge is -2.22. The molecule has 0 saturated carbocycles. The van der Waals surface area contributed by atoms with E-state index in [0.29, 0.717) is 31.8 Å². The van der Waals surface area contributed by atoms with Crippen molar-refractivity contribution in [3.8, 4) is 0 Å². The Balaban J connectivity index is 1.90. The van der Waals surface area contributed by atoms with Gasteiger partial charge in [-0.25, -0.2) is 0 Å². The second-order valence-corrected chi connectivity index (χ2v) is 6.86. The SMILES string of the molecule is NC(=O)[C@@H]1CCCCNc2nc(Cl)nc(n2)N[C@@H](Cc2ccccc2)C(=O)N1. The molecule has 0 radical (unpaired) electrons. The minimum atomic E-state index is -0.737. The lowest BCUT2D eigenvalue weighted by molar-refractivity contribution is -0.128. The first-order valence-electron chi connectivity index (χ1n) is 9.07. The molecule has 1 aliphatic heterocycles. The van der Waals surface area contributed by atoms with E-state index in [1.165, 1.54) is 0 Å². The Kier molecular flexibility index (Phi) is 6.59. The first-order chi connectivity index (χ1) is 13.5. The molecule has 0 saturated heterocycles. The summed E-state index contributed by atoms with van der Waals surface area (Å²) in [4.78, 5) is 37.1. The van der Waals surface area contributed by atoms with Gasteiger partial charge in [-0.05, 0) is 36.4 Å². The number of rotatable bonds is 3. The zero-order valence-electron chi connectivity index (χ0n) is 15.2. The van der Waals surface area contributed by atoms with E-state index in [4.69, 9.17) is 17.3 Å². The second kappa shape index (κ2) is 9.32. The van der Waals surface area contributed by atoms with Crippen molar-refractivity contribution >= 4 is 35.3 Å². The number of nitrogens with one attached hydrogen (secondary N) is 3. The standard InChI is InChI=1S/C18H22ClN7O2/c19-16-24-17-21-9-5-4-8-12(14(20)27)22-15(28)13(23-18(25-16)26-17)10-11-6-2-1-3-7-11/h1-3,6-7,12-13H,4-5,8-10H2,(H2,20,27)(H,22,28)(H2,21,23,24,25,26)/t12-,13-/m0/s1. The van der Waals surface area contributed by atoms with Crippen molar-refractivity contribution in [2.75, 3.05) is 17.2 Å². The second-order valence-electron chi connectivity index (χ2n) is 6.52. The van der Waals surface area contributed by atoms with Crippen LogP contribution in [0, 0.1) is 0 Å². The normalized spacial score (nSPS) is 20.4. The molecule has 2 amide bonds. The number of carbonyl (C=O) groups is 2. The van der Waals surface area contributed by atoms with Gasteiger partial charge in [-0.15, -0.1) is 0 Å². The fraction of sp³-hybridized carbons (Fsp3) is 0.389. The number of amides is 2. The number of nitrogens with zero attached hydrogens (tertiary/aromatic N) is 3. The van der Waals surface area contributed by atoms with Crippen molar-refractivity contribution in [2.45, 2.75) is 37.8 Å². The maximum absolute atomic E-state index is 12.9. The van der Waals surface area contributed by atoms with Crippen LogP contribution in [0.5, 0.6) is 0 Å². The topological polar surface area (TPSA) is 135 Å². The Morgan fingerprint density at radius 2 is 1.86 bits per heavy atom. The van der Waals surface area contributed by atoms with Crippen LogP contribution in [0.25, 0.3) is 0 Å². The average molecular weight is 404 g/mol. The third-order valence-electron chi connectivity index (χ3n) is 4.37. The molecule has 2 bridgehead atoms. The van der Waals surface area contributed by atoms with Crippen molar-refractivity contribution in [3.05, 3.63) is 41.2 Å². The molecule has 5 N–H and O–H groups in total. The van der Waals surface area contributed by atoms with Crippen molar-refractivity contribution in [3.63, 3.8) is 0 Å². The molecule has 1 aliphatic rings. The molecule has 28 heavy (non-hydrogen) atoms. The molecule has 0 aliphatic carbocycles. The van der Waals surface area contributed by atoms with Crippen LogP contribution < -0.4 is 21.7 Å². The van der Waals surface area contributed by atoms with Gasteiger partial charge in [0.05, 0.1) is 0 Å². The zero-order chi connectivity index (χ0) is 19.9. The molecular formula is C18H22ClN7O2. The molecular weight excluding hydrogens is 382 g/mol. The van der Waals surface area contributed by atoms with E-state index < -0.39 is 18.0 Å². The summed E-state index contributed by atoms with van der Waals surface area (Å²) in [5, 5.41) is 8.84. The smallest absolute Gasteiger partial charge is 0.243 e. The lowest BCUT2D eigenvalue weighted by atomic mass is 10.0. The predicted molar refractivity (Wildman–Crippen MR) is 106 cm³/mol. The summed E-state index contributed by atoms with van der Waals surface area (Å²) in [7, 11) is 0. The summed E-state index contributed by atoms with van der Waals surface area (Å²) in [6, 6.07) is 8.04. The van der Waals surface area contributed by atoms with E-state index in [2.05, 4.69) is 30.9 Å². The first kappa shape index (κ1) is 19.8. The van der Waals surface area contributed by atoms with Crippen LogP contribution in [0.3, 0.4) is 0 Å². The Labute approximate surface area is 167 Å². The molecule has 1 aromatic carbocycles. The monoisotopic (exact) mass is 403 g/mol. The quantitative estimate of drug-likeness (QED) is 0.602. The number of hydrogen-bond acceptors (Lipinski definition) is 7. The summed E-state index contributed by atoms with van der Waals surface area (Å²) in [6.45, 7) is 0.590. The molecule has 0 spiro atoms. The number of aromatic nitrogens is 3. The van der Waals surface area contributed by atoms with Gasteiger partial charge in [-0.2, -0.15) is 15.0 Å². The number of fused-ring (bicyclic) bond motifs is 2. The van der Waals surface area contributed by atoms with Gasteiger partial charge < -0.3 is 21.7 Å². The summed E-state index contributed by atoms with van der Waals surface area (Å²) in [6.07, 6.45) is 2.27. The van der Waals surface area contributed by atoms with Gasteiger partial charge in [0.2, 0.25) is 29.0 Å². The zero-order valence-corrected chi connectivity index (χ0v) is 15.9. The van der Waals surface area contributed by atoms with Gasteiger partial charge >= 0.3 is 0 Å². The van der Waals surface area contributed by atoms with Crippen LogP contribution in [0.1, 0.15) is 24.8 Å². The van der Waals surface area contributed by atoms with Crippen LogP contribution in [0.15, 0.2) is 30.3 Å². The Morgan fingerprint density at radius 3 is 2.61 bits per heavy atom. The summed E-state index contributed by atoms with van der Waals surface area (Å²) in [5.74, 6) is -0.422. The minimum absolute atomic E-state index is 0.0174. The van der Waals surface area contributed by atoms with Gasteiger partial charge in [-0.3, -0.25) is 9.59 Å². The maximum atomic E-state index is 12.9. The van der Waals surface area contributed by atoms with Crippen LogP contribution in [0.4, 0.5) is 11.9 Å². The van der Waals surface area contributed by atoms with Gasteiger partial charge in [0.15, 0.2) is 0 Å². The highest BCUT2D eigenvalue weighted by molar-refractivity contribution is 6.28. The van der Waals surface area contributed by atoms with Crippen LogP contribution >= 0.6 is 11.6 Å². The van der Waals surface area contributed by atoms with E-state index in [-0.39, 0.29) is 17.1 Å². The molecule has 2 heterocycles. The van der Waals surface area contributed by atoms with E-state index in [9.17, 15) is 9.59 Å². The molecule has 10 heteroatoms. The van der Waals surface area contributed by atoms with Crippen molar-refractivity contribution in [1.82, 2.24) is 20.3 Å². The largest absolute Gasteiger partial charge is 0.368 e. The Morgan fingerprint density at radius 1 is 1.11 bits per heavy atom.